The Bertz CT molecular complexity index is 1390. The minimum absolute atomic E-state index is 0.0396. The maximum absolute atomic E-state index is 13.7. The van der Waals surface area contributed by atoms with Crippen LogP contribution in [0.25, 0.3) is 10.8 Å². The lowest BCUT2D eigenvalue weighted by molar-refractivity contribution is -0.139. The smallest absolute Gasteiger partial charge is 0.244 e. The van der Waals surface area contributed by atoms with Gasteiger partial charge in [0.2, 0.25) is 21.8 Å². The molecular formula is C27H31Cl2N3O4S. The second-order valence-corrected chi connectivity index (χ2v) is 11.8. The first-order chi connectivity index (χ1) is 17.4. The van der Waals surface area contributed by atoms with Gasteiger partial charge in [-0.05, 0) is 49.4 Å². The summed E-state index contributed by atoms with van der Waals surface area (Å²) in [6.07, 6.45) is 1.78. The average Bonchev–Trinajstić information content (AvgIpc) is 2.86. The van der Waals surface area contributed by atoms with Gasteiger partial charge in [-0.25, -0.2) is 8.42 Å². The molecule has 0 fully saturated rings. The van der Waals surface area contributed by atoms with Crippen LogP contribution in [0.2, 0.25) is 10.0 Å². The number of amides is 2. The summed E-state index contributed by atoms with van der Waals surface area (Å²) in [5.74, 6) is -0.866. The van der Waals surface area contributed by atoms with Crippen LogP contribution in [0.4, 0.5) is 5.69 Å². The number of carbonyl (C=O) groups excluding carboxylic acids is 2. The highest BCUT2D eigenvalue weighted by molar-refractivity contribution is 7.92. The Balaban J connectivity index is 2.00. The Morgan fingerprint density at radius 3 is 2.30 bits per heavy atom. The number of nitrogens with zero attached hydrogens (tertiary/aromatic N) is 2. The number of carbonyl (C=O) groups is 2. The number of benzene rings is 3. The summed E-state index contributed by atoms with van der Waals surface area (Å²) in [6, 6.07) is 16.6. The third-order valence-corrected chi connectivity index (χ3v) is 8.09. The number of anilines is 1. The van der Waals surface area contributed by atoms with Crippen LogP contribution in [0.15, 0.2) is 60.7 Å². The van der Waals surface area contributed by atoms with Crippen molar-refractivity contribution in [3.8, 4) is 0 Å². The third-order valence-electron chi connectivity index (χ3n) is 6.22. The summed E-state index contributed by atoms with van der Waals surface area (Å²) < 4.78 is 26.9. The summed E-state index contributed by atoms with van der Waals surface area (Å²) in [4.78, 5) is 28.1. The van der Waals surface area contributed by atoms with Gasteiger partial charge in [0.15, 0.2) is 0 Å². The monoisotopic (exact) mass is 563 g/mol. The molecule has 0 radical (unpaired) electrons. The Labute approximate surface area is 228 Å². The first kappa shape index (κ1) is 28.8. The van der Waals surface area contributed by atoms with Gasteiger partial charge >= 0.3 is 0 Å². The van der Waals surface area contributed by atoms with Crippen molar-refractivity contribution >= 4 is 61.5 Å². The summed E-state index contributed by atoms with van der Waals surface area (Å²) in [6.45, 7) is 5.01. The minimum Gasteiger partial charge on any atom is -0.352 e. The molecule has 198 valence electrons. The molecule has 0 spiro atoms. The van der Waals surface area contributed by atoms with E-state index in [4.69, 9.17) is 23.2 Å². The molecule has 37 heavy (non-hydrogen) atoms. The fourth-order valence-corrected chi connectivity index (χ4v) is 5.09. The normalized spacial score (nSPS) is 13.1. The van der Waals surface area contributed by atoms with Crippen LogP contribution in [0, 0.1) is 0 Å². The van der Waals surface area contributed by atoms with Gasteiger partial charge in [-0.2, -0.15) is 0 Å². The molecule has 0 unspecified atom stereocenters. The van der Waals surface area contributed by atoms with Gasteiger partial charge in [0.25, 0.3) is 0 Å². The highest BCUT2D eigenvalue weighted by Gasteiger charge is 2.31. The summed E-state index contributed by atoms with van der Waals surface area (Å²) in [5.41, 5.74) is 1.04. The average molecular weight is 565 g/mol. The predicted octanol–water partition coefficient (Wildman–Crippen LogP) is 5.24. The van der Waals surface area contributed by atoms with E-state index in [1.165, 1.54) is 4.90 Å². The van der Waals surface area contributed by atoms with Gasteiger partial charge in [-0.1, -0.05) is 72.6 Å². The maximum atomic E-state index is 13.7. The number of rotatable bonds is 10. The molecule has 0 saturated carbocycles. The van der Waals surface area contributed by atoms with Crippen LogP contribution in [-0.2, 0) is 26.2 Å². The van der Waals surface area contributed by atoms with Gasteiger partial charge in [-0.15, -0.1) is 0 Å². The van der Waals surface area contributed by atoms with Crippen molar-refractivity contribution in [2.24, 2.45) is 0 Å². The highest BCUT2D eigenvalue weighted by atomic mass is 35.5. The van der Waals surface area contributed by atoms with Crippen LogP contribution < -0.4 is 9.62 Å². The second-order valence-electron chi connectivity index (χ2n) is 9.03. The van der Waals surface area contributed by atoms with E-state index in [1.54, 1.807) is 37.3 Å². The molecule has 10 heteroatoms. The first-order valence-electron chi connectivity index (χ1n) is 11.9. The fraction of sp³-hybridized carbons (Fsp3) is 0.333. The van der Waals surface area contributed by atoms with Crippen LogP contribution in [-0.4, -0.2) is 50.0 Å². The molecule has 0 saturated heterocycles. The topological polar surface area (TPSA) is 86.8 Å². The van der Waals surface area contributed by atoms with Crippen LogP contribution in [0.1, 0.15) is 32.8 Å². The highest BCUT2D eigenvalue weighted by Crippen LogP contribution is 2.29. The molecule has 7 nitrogen and oxygen atoms in total. The van der Waals surface area contributed by atoms with E-state index >= 15 is 0 Å². The fourth-order valence-electron chi connectivity index (χ4n) is 3.90. The quantitative estimate of drug-likeness (QED) is 0.365. The van der Waals surface area contributed by atoms with Crippen molar-refractivity contribution in [2.45, 2.75) is 45.8 Å². The van der Waals surface area contributed by atoms with Crippen molar-refractivity contribution in [1.82, 2.24) is 10.2 Å². The Morgan fingerprint density at radius 2 is 1.65 bits per heavy atom. The summed E-state index contributed by atoms with van der Waals surface area (Å²) in [5, 5.41) is 5.12. The molecule has 0 aromatic heterocycles. The lowest BCUT2D eigenvalue weighted by Crippen LogP contribution is -2.52. The van der Waals surface area contributed by atoms with Crippen molar-refractivity contribution in [3.05, 3.63) is 76.3 Å². The number of hydrogen-bond acceptors (Lipinski definition) is 4. The van der Waals surface area contributed by atoms with E-state index in [1.807, 2.05) is 44.2 Å². The Morgan fingerprint density at radius 1 is 0.973 bits per heavy atom. The lowest BCUT2D eigenvalue weighted by Gasteiger charge is -2.32. The molecule has 1 N–H and O–H groups in total. The van der Waals surface area contributed by atoms with E-state index < -0.39 is 28.5 Å². The largest absolute Gasteiger partial charge is 0.352 e. The van der Waals surface area contributed by atoms with E-state index in [0.717, 1.165) is 22.4 Å². The van der Waals surface area contributed by atoms with Crippen molar-refractivity contribution in [1.29, 1.82) is 0 Å². The number of fused-ring (bicyclic) bond motifs is 1. The van der Waals surface area contributed by atoms with Crippen molar-refractivity contribution in [2.75, 3.05) is 17.1 Å². The molecular weight excluding hydrogens is 533 g/mol. The van der Waals surface area contributed by atoms with Gasteiger partial charge < -0.3 is 10.2 Å². The molecule has 3 aromatic carbocycles. The zero-order chi connectivity index (χ0) is 27.3. The number of sulfonamides is 1. The molecule has 2 atom stereocenters. The standard InChI is InChI=1S/C27H31Cl2N3O4S/c1-5-18(2)30-27(34)19(3)31(16-20-13-14-23(28)24(29)15-20)26(33)17-32(37(4,35)36)25-12-8-10-21-9-6-7-11-22(21)25/h6-15,18-19H,5,16-17H2,1-4H3,(H,30,34)/t18-,19+/m0/s1. The second kappa shape index (κ2) is 12.2. The lowest BCUT2D eigenvalue weighted by atomic mass is 10.1. The number of halogens is 2. The molecule has 0 aliphatic heterocycles. The van der Waals surface area contributed by atoms with Gasteiger partial charge in [-0.3, -0.25) is 13.9 Å². The maximum Gasteiger partial charge on any atom is 0.244 e. The summed E-state index contributed by atoms with van der Waals surface area (Å²) in [7, 11) is -3.85. The van der Waals surface area contributed by atoms with Crippen LogP contribution >= 0.6 is 23.2 Å². The first-order valence-corrected chi connectivity index (χ1v) is 14.5. The zero-order valence-corrected chi connectivity index (χ0v) is 23.6. The van der Waals surface area contributed by atoms with Gasteiger partial charge in [0, 0.05) is 18.0 Å². The predicted molar refractivity (Wildman–Crippen MR) is 151 cm³/mol. The number of nitrogens with one attached hydrogen (secondary N) is 1. The van der Waals surface area contributed by atoms with E-state index in [0.29, 0.717) is 26.7 Å². The summed E-state index contributed by atoms with van der Waals surface area (Å²) >= 11 is 12.2. The van der Waals surface area contributed by atoms with Crippen LogP contribution in [0.3, 0.4) is 0 Å². The molecule has 0 aliphatic carbocycles. The molecule has 2 amide bonds. The van der Waals surface area contributed by atoms with Gasteiger partial charge in [0.05, 0.1) is 22.0 Å². The van der Waals surface area contributed by atoms with E-state index in [-0.39, 0.29) is 18.5 Å². The zero-order valence-electron chi connectivity index (χ0n) is 21.2. The van der Waals surface area contributed by atoms with Crippen molar-refractivity contribution in [3.63, 3.8) is 0 Å². The third kappa shape index (κ3) is 7.15. The minimum atomic E-state index is -3.85. The molecule has 3 aromatic rings. The number of hydrogen-bond donors (Lipinski definition) is 1. The Hall–Kier alpha value is -2.81. The molecule has 0 aliphatic rings. The molecule has 0 bridgehead atoms. The van der Waals surface area contributed by atoms with E-state index in [2.05, 4.69) is 5.32 Å². The van der Waals surface area contributed by atoms with Gasteiger partial charge in [0.1, 0.15) is 12.6 Å². The molecule has 0 heterocycles. The molecule has 3 rings (SSSR count). The van der Waals surface area contributed by atoms with Crippen molar-refractivity contribution < 1.29 is 18.0 Å². The SMILES string of the molecule is CC[C@H](C)NC(=O)[C@@H](C)N(Cc1ccc(Cl)c(Cl)c1)C(=O)CN(c1cccc2ccccc12)S(C)(=O)=O. The van der Waals surface area contributed by atoms with E-state index in [9.17, 15) is 18.0 Å². The van der Waals surface area contributed by atoms with Crippen LogP contribution in [0.5, 0.6) is 0 Å². The Kier molecular flexibility index (Phi) is 9.45.